The van der Waals surface area contributed by atoms with Gasteiger partial charge >= 0.3 is 5.97 Å². The molecule has 1 aliphatic carbocycles. The summed E-state index contributed by atoms with van der Waals surface area (Å²) in [4.78, 5) is 28.5. The zero-order valence-corrected chi connectivity index (χ0v) is 14.9. The van der Waals surface area contributed by atoms with Gasteiger partial charge in [-0.2, -0.15) is 0 Å². The number of hydrogen-bond acceptors (Lipinski definition) is 5. The molecule has 2 unspecified atom stereocenters. The molecule has 2 aliphatic rings. The quantitative estimate of drug-likeness (QED) is 0.874. The molecule has 0 spiro atoms. The van der Waals surface area contributed by atoms with Crippen LogP contribution in [0.15, 0.2) is 35.1 Å². The number of ether oxygens (including phenoxy) is 2. The normalized spacial score (nSPS) is 22.2. The number of benzene rings is 1. The lowest BCUT2D eigenvalue weighted by atomic mass is 10.0. The van der Waals surface area contributed by atoms with E-state index < -0.39 is 11.4 Å². The molecule has 0 bridgehead atoms. The Morgan fingerprint density at radius 1 is 1.33 bits per heavy atom. The van der Waals surface area contributed by atoms with Gasteiger partial charge in [0.1, 0.15) is 11.2 Å². The maximum Gasteiger partial charge on any atom is 0.315 e. The fraction of sp³-hybridized carbons (Fsp3) is 0.250. The molecule has 1 fully saturated rings. The minimum absolute atomic E-state index is 0.255. The number of para-hydroxylation sites is 1. The van der Waals surface area contributed by atoms with E-state index in [4.69, 9.17) is 9.47 Å². The average molecular weight is 366 g/mol. The van der Waals surface area contributed by atoms with E-state index in [1.807, 2.05) is 12.1 Å². The summed E-state index contributed by atoms with van der Waals surface area (Å²) in [5.41, 5.74) is 0.0715. The zero-order valence-electron chi connectivity index (χ0n) is 14.9. The van der Waals surface area contributed by atoms with Gasteiger partial charge in [0.25, 0.3) is 5.56 Å². The first kappa shape index (κ1) is 17.1. The SMILES string of the molecule is COc1cccc(/C=C/c2cc(=O)n3c(n2)C=CC2(C(=O)O)CC32)c1OC. The second-order valence-electron chi connectivity index (χ2n) is 6.56. The number of aliphatic carboxylic acids is 1. The molecule has 7 nitrogen and oxygen atoms in total. The molecule has 1 aromatic carbocycles. The highest BCUT2D eigenvalue weighted by molar-refractivity contribution is 5.84. The van der Waals surface area contributed by atoms with Crippen molar-refractivity contribution in [2.75, 3.05) is 14.2 Å². The number of carboxylic acid groups (broad SMARTS) is 1. The Kier molecular flexibility index (Phi) is 3.87. The number of carboxylic acids is 1. The number of fused-ring (bicyclic) bond motifs is 3. The van der Waals surface area contributed by atoms with Crippen LogP contribution in [0.2, 0.25) is 0 Å². The Morgan fingerprint density at radius 3 is 2.85 bits per heavy atom. The van der Waals surface area contributed by atoms with Gasteiger partial charge in [0.15, 0.2) is 11.5 Å². The van der Waals surface area contributed by atoms with Gasteiger partial charge in [0, 0.05) is 11.6 Å². The molecule has 2 aromatic rings. The van der Waals surface area contributed by atoms with Gasteiger partial charge in [-0.05, 0) is 30.7 Å². The summed E-state index contributed by atoms with van der Waals surface area (Å²) in [5.74, 6) is 0.768. The standard InChI is InChI=1S/C20H18N2O5/c1-26-14-5-3-4-12(18(14)27-2)6-7-13-10-17(23)22-15-11-20(15,19(24)25)9-8-16(22)21-13/h3-10,15H,11H2,1-2H3,(H,24,25)/b7-6+. The third-order valence-electron chi connectivity index (χ3n) is 5.07. The molecule has 7 heteroatoms. The number of rotatable bonds is 5. The monoisotopic (exact) mass is 366 g/mol. The first-order valence-electron chi connectivity index (χ1n) is 8.45. The van der Waals surface area contributed by atoms with E-state index >= 15 is 0 Å². The van der Waals surface area contributed by atoms with Crippen LogP contribution in [-0.2, 0) is 4.79 Å². The van der Waals surface area contributed by atoms with Gasteiger partial charge in [-0.3, -0.25) is 14.2 Å². The zero-order chi connectivity index (χ0) is 19.2. The second-order valence-corrected chi connectivity index (χ2v) is 6.56. The third kappa shape index (κ3) is 2.63. The van der Waals surface area contributed by atoms with Crippen LogP contribution in [0.4, 0.5) is 0 Å². The predicted molar refractivity (Wildman–Crippen MR) is 99.7 cm³/mol. The van der Waals surface area contributed by atoms with Crippen LogP contribution in [0, 0.1) is 5.41 Å². The Labute approximate surface area is 155 Å². The van der Waals surface area contributed by atoms with E-state index in [-0.39, 0.29) is 11.6 Å². The fourth-order valence-electron chi connectivity index (χ4n) is 3.55. The lowest BCUT2D eigenvalue weighted by Gasteiger charge is -2.17. The molecule has 1 aliphatic heterocycles. The Bertz CT molecular complexity index is 1050. The van der Waals surface area contributed by atoms with Crippen LogP contribution in [-0.4, -0.2) is 34.8 Å². The summed E-state index contributed by atoms with van der Waals surface area (Å²) in [5, 5.41) is 9.39. The molecule has 1 N–H and O–H groups in total. The van der Waals surface area contributed by atoms with Crippen LogP contribution in [0.1, 0.15) is 29.5 Å². The van der Waals surface area contributed by atoms with E-state index in [1.54, 1.807) is 44.6 Å². The molecule has 1 saturated carbocycles. The minimum atomic E-state index is -0.955. The molecular weight excluding hydrogens is 348 g/mol. The summed E-state index contributed by atoms with van der Waals surface area (Å²) in [7, 11) is 3.13. The predicted octanol–water partition coefficient (Wildman–Crippen LogP) is 2.47. The van der Waals surface area contributed by atoms with Gasteiger partial charge in [0.05, 0.1) is 26.0 Å². The molecule has 27 heavy (non-hydrogen) atoms. The van der Waals surface area contributed by atoms with Crippen molar-refractivity contribution in [2.45, 2.75) is 12.5 Å². The molecule has 138 valence electrons. The van der Waals surface area contributed by atoms with Gasteiger partial charge in [-0.15, -0.1) is 0 Å². The number of hydrogen-bond donors (Lipinski definition) is 1. The van der Waals surface area contributed by atoms with Gasteiger partial charge in [-0.1, -0.05) is 18.2 Å². The molecule has 0 amide bonds. The Balaban J connectivity index is 1.69. The fourth-order valence-corrected chi connectivity index (χ4v) is 3.55. The smallest absolute Gasteiger partial charge is 0.315 e. The number of aromatic nitrogens is 2. The van der Waals surface area contributed by atoms with E-state index in [0.29, 0.717) is 29.4 Å². The third-order valence-corrected chi connectivity index (χ3v) is 5.07. The molecule has 0 saturated heterocycles. The second kappa shape index (κ2) is 6.12. The summed E-state index contributed by atoms with van der Waals surface area (Å²) in [6.07, 6.45) is 7.19. The van der Waals surface area contributed by atoms with E-state index in [9.17, 15) is 14.7 Å². The summed E-state index contributed by atoms with van der Waals surface area (Å²) >= 11 is 0. The van der Waals surface area contributed by atoms with Crippen molar-refractivity contribution in [2.24, 2.45) is 5.41 Å². The highest BCUT2D eigenvalue weighted by Gasteiger charge is 2.62. The summed E-state index contributed by atoms with van der Waals surface area (Å²) in [6, 6.07) is 6.57. The average Bonchev–Trinajstić information content (AvgIpc) is 3.42. The van der Waals surface area contributed by atoms with Gasteiger partial charge in [0.2, 0.25) is 0 Å². The van der Waals surface area contributed by atoms with E-state index in [0.717, 1.165) is 5.56 Å². The van der Waals surface area contributed by atoms with Crippen LogP contribution in [0.5, 0.6) is 11.5 Å². The number of methoxy groups -OCH3 is 2. The lowest BCUT2D eigenvalue weighted by molar-refractivity contribution is -0.141. The van der Waals surface area contributed by atoms with Gasteiger partial charge < -0.3 is 14.6 Å². The van der Waals surface area contributed by atoms with Crippen molar-refractivity contribution in [3.63, 3.8) is 0 Å². The lowest BCUT2D eigenvalue weighted by Crippen LogP contribution is -2.29. The molecule has 4 rings (SSSR count). The first-order valence-corrected chi connectivity index (χ1v) is 8.45. The summed E-state index contributed by atoms with van der Waals surface area (Å²) < 4.78 is 12.1. The largest absolute Gasteiger partial charge is 0.493 e. The molecule has 1 aromatic heterocycles. The maximum atomic E-state index is 12.5. The van der Waals surface area contributed by atoms with Crippen molar-refractivity contribution in [3.05, 3.63) is 57.8 Å². The number of nitrogens with zero attached hydrogens (tertiary/aromatic N) is 2. The van der Waals surface area contributed by atoms with Crippen molar-refractivity contribution < 1.29 is 19.4 Å². The Morgan fingerprint density at radius 2 is 2.15 bits per heavy atom. The number of carbonyl (C=O) groups is 1. The first-order chi connectivity index (χ1) is 13.0. The maximum absolute atomic E-state index is 12.5. The van der Waals surface area contributed by atoms with Crippen molar-refractivity contribution >= 4 is 24.2 Å². The summed E-state index contributed by atoms with van der Waals surface area (Å²) in [6.45, 7) is 0. The highest BCUT2D eigenvalue weighted by atomic mass is 16.5. The molecule has 2 heterocycles. The van der Waals surface area contributed by atoms with Crippen molar-refractivity contribution in [1.82, 2.24) is 9.55 Å². The highest BCUT2D eigenvalue weighted by Crippen LogP contribution is 2.59. The minimum Gasteiger partial charge on any atom is -0.493 e. The van der Waals surface area contributed by atoms with Gasteiger partial charge in [-0.25, -0.2) is 4.98 Å². The topological polar surface area (TPSA) is 90.7 Å². The van der Waals surface area contributed by atoms with Crippen LogP contribution >= 0.6 is 0 Å². The van der Waals surface area contributed by atoms with Crippen LogP contribution in [0.3, 0.4) is 0 Å². The van der Waals surface area contributed by atoms with Crippen LogP contribution in [0.25, 0.3) is 18.2 Å². The van der Waals surface area contributed by atoms with E-state index in [2.05, 4.69) is 4.98 Å². The molecule has 2 atom stereocenters. The molecular formula is C20H18N2O5. The van der Waals surface area contributed by atoms with Crippen molar-refractivity contribution in [1.29, 1.82) is 0 Å². The molecule has 0 radical (unpaired) electrons. The van der Waals surface area contributed by atoms with Crippen LogP contribution < -0.4 is 15.0 Å². The van der Waals surface area contributed by atoms with E-state index in [1.165, 1.54) is 10.6 Å². The van der Waals surface area contributed by atoms with Crippen molar-refractivity contribution in [3.8, 4) is 11.5 Å². The Hall–Kier alpha value is -3.35.